The Bertz CT molecular complexity index is 561. The normalized spacial score (nSPS) is 10.5. The van der Waals surface area contributed by atoms with Crippen molar-refractivity contribution in [2.75, 3.05) is 5.43 Å². The minimum absolute atomic E-state index is 0.722. The maximum atomic E-state index is 5.54. The second kappa shape index (κ2) is 5.80. The average Bonchev–Trinajstić information content (AvgIpc) is 2.40. The average molecular weight is 256 g/mol. The molecule has 0 aliphatic carbocycles. The Labute approximate surface area is 114 Å². The Balaban J connectivity index is 2.30. The standard InChI is InChI=1S/C15H20N4/c1-4-13-11(3)17-14(18-15(13)19-16)9-12-7-5-10(2)6-8-12/h5-8H,4,9,16H2,1-3H3,(H,17,18,19). The molecule has 0 saturated carbocycles. The number of hydrogen-bond donors (Lipinski definition) is 2. The van der Waals surface area contributed by atoms with Crippen molar-refractivity contribution in [3.63, 3.8) is 0 Å². The highest BCUT2D eigenvalue weighted by Gasteiger charge is 2.09. The molecule has 1 heterocycles. The number of nitrogens with two attached hydrogens (primary N) is 1. The summed E-state index contributed by atoms with van der Waals surface area (Å²) in [5.74, 6) is 7.07. The van der Waals surface area contributed by atoms with Crippen LogP contribution in [0.5, 0.6) is 0 Å². The van der Waals surface area contributed by atoms with Crippen molar-refractivity contribution in [1.29, 1.82) is 0 Å². The predicted octanol–water partition coefficient (Wildman–Crippen LogP) is 2.53. The van der Waals surface area contributed by atoms with Crippen LogP contribution in [0.4, 0.5) is 5.82 Å². The summed E-state index contributed by atoms with van der Waals surface area (Å²) in [5.41, 5.74) is 7.21. The van der Waals surface area contributed by atoms with E-state index in [1.54, 1.807) is 0 Å². The fourth-order valence-corrected chi connectivity index (χ4v) is 2.16. The molecule has 0 aliphatic heterocycles. The van der Waals surface area contributed by atoms with Crippen LogP contribution in [0.25, 0.3) is 0 Å². The topological polar surface area (TPSA) is 63.8 Å². The number of aromatic nitrogens is 2. The Morgan fingerprint density at radius 1 is 1.11 bits per heavy atom. The number of nitrogens with one attached hydrogen (secondary N) is 1. The van der Waals surface area contributed by atoms with Crippen LogP contribution in [0, 0.1) is 13.8 Å². The van der Waals surface area contributed by atoms with E-state index in [1.165, 1.54) is 11.1 Å². The van der Waals surface area contributed by atoms with Crippen molar-refractivity contribution >= 4 is 5.82 Å². The molecule has 19 heavy (non-hydrogen) atoms. The highest BCUT2D eigenvalue weighted by Crippen LogP contribution is 2.17. The van der Waals surface area contributed by atoms with E-state index in [-0.39, 0.29) is 0 Å². The molecule has 1 aromatic carbocycles. The summed E-state index contributed by atoms with van der Waals surface area (Å²) < 4.78 is 0. The summed E-state index contributed by atoms with van der Waals surface area (Å²) in [6.07, 6.45) is 1.59. The Morgan fingerprint density at radius 2 is 1.79 bits per heavy atom. The molecule has 100 valence electrons. The van der Waals surface area contributed by atoms with Gasteiger partial charge in [0.15, 0.2) is 0 Å². The zero-order valence-electron chi connectivity index (χ0n) is 11.7. The molecule has 2 rings (SSSR count). The van der Waals surface area contributed by atoms with Crippen molar-refractivity contribution in [3.05, 3.63) is 52.5 Å². The summed E-state index contributed by atoms with van der Waals surface area (Å²) in [6, 6.07) is 8.42. The Kier molecular flexibility index (Phi) is 4.12. The number of aryl methyl sites for hydroxylation is 2. The maximum Gasteiger partial charge on any atom is 0.147 e. The monoisotopic (exact) mass is 256 g/mol. The van der Waals surface area contributed by atoms with Gasteiger partial charge in [0, 0.05) is 17.7 Å². The van der Waals surface area contributed by atoms with E-state index in [4.69, 9.17) is 5.84 Å². The third-order valence-corrected chi connectivity index (χ3v) is 3.23. The van der Waals surface area contributed by atoms with Crippen molar-refractivity contribution in [2.24, 2.45) is 5.84 Å². The highest BCUT2D eigenvalue weighted by atomic mass is 15.3. The van der Waals surface area contributed by atoms with E-state index in [2.05, 4.69) is 53.5 Å². The third kappa shape index (κ3) is 3.09. The lowest BCUT2D eigenvalue weighted by molar-refractivity contribution is 0.903. The molecule has 4 nitrogen and oxygen atoms in total. The van der Waals surface area contributed by atoms with Gasteiger partial charge in [0.2, 0.25) is 0 Å². The fraction of sp³-hybridized carbons (Fsp3) is 0.333. The quantitative estimate of drug-likeness (QED) is 0.652. The first kappa shape index (κ1) is 13.5. The lowest BCUT2D eigenvalue weighted by Crippen LogP contribution is -2.14. The number of rotatable bonds is 4. The number of anilines is 1. The van der Waals surface area contributed by atoms with Gasteiger partial charge in [-0.15, -0.1) is 0 Å². The van der Waals surface area contributed by atoms with Gasteiger partial charge in [-0.3, -0.25) is 0 Å². The molecule has 0 aliphatic rings. The van der Waals surface area contributed by atoms with E-state index in [1.807, 2.05) is 6.92 Å². The molecule has 0 spiro atoms. The molecular formula is C15H20N4. The number of nitrogen functional groups attached to an aromatic ring is 1. The van der Waals surface area contributed by atoms with Gasteiger partial charge in [0.1, 0.15) is 11.6 Å². The van der Waals surface area contributed by atoms with E-state index in [9.17, 15) is 0 Å². The van der Waals surface area contributed by atoms with Crippen LogP contribution >= 0.6 is 0 Å². The van der Waals surface area contributed by atoms with E-state index in [0.29, 0.717) is 0 Å². The summed E-state index contributed by atoms with van der Waals surface area (Å²) in [6.45, 7) is 6.16. The Morgan fingerprint density at radius 3 is 2.37 bits per heavy atom. The number of hydrazine groups is 1. The fourth-order valence-electron chi connectivity index (χ4n) is 2.16. The number of nitrogens with zero attached hydrogens (tertiary/aromatic N) is 2. The summed E-state index contributed by atoms with van der Waals surface area (Å²) in [5, 5.41) is 0. The maximum absolute atomic E-state index is 5.54. The van der Waals surface area contributed by atoms with Crippen LogP contribution in [0.1, 0.15) is 35.1 Å². The molecule has 4 heteroatoms. The zero-order chi connectivity index (χ0) is 13.8. The van der Waals surface area contributed by atoms with Crippen molar-refractivity contribution < 1.29 is 0 Å². The molecule has 0 saturated heterocycles. The minimum Gasteiger partial charge on any atom is -0.308 e. The van der Waals surface area contributed by atoms with Crippen LogP contribution in [-0.4, -0.2) is 9.97 Å². The van der Waals surface area contributed by atoms with Gasteiger partial charge < -0.3 is 5.43 Å². The molecule has 0 radical (unpaired) electrons. The molecule has 0 atom stereocenters. The van der Waals surface area contributed by atoms with Crippen LogP contribution in [0.3, 0.4) is 0 Å². The second-order valence-corrected chi connectivity index (χ2v) is 4.71. The van der Waals surface area contributed by atoms with Crippen molar-refractivity contribution in [3.8, 4) is 0 Å². The first-order valence-electron chi connectivity index (χ1n) is 6.52. The SMILES string of the molecule is CCc1c(C)nc(Cc2ccc(C)cc2)nc1NN. The van der Waals surface area contributed by atoms with Gasteiger partial charge in [-0.05, 0) is 25.8 Å². The van der Waals surface area contributed by atoms with Crippen molar-refractivity contribution in [1.82, 2.24) is 9.97 Å². The van der Waals surface area contributed by atoms with Gasteiger partial charge in [-0.2, -0.15) is 0 Å². The second-order valence-electron chi connectivity index (χ2n) is 4.71. The molecule has 0 fully saturated rings. The highest BCUT2D eigenvalue weighted by molar-refractivity contribution is 5.45. The third-order valence-electron chi connectivity index (χ3n) is 3.23. The molecule has 1 aromatic heterocycles. The largest absolute Gasteiger partial charge is 0.308 e. The lowest BCUT2D eigenvalue weighted by Gasteiger charge is -2.11. The van der Waals surface area contributed by atoms with Crippen LogP contribution in [0.2, 0.25) is 0 Å². The molecule has 2 aromatic rings. The van der Waals surface area contributed by atoms with Gasteiger partial charge in [0.05, 0.1) is 0 Å². The smallest absolute Gasteiger partial charge is 0.147 e. The molecule has 0 bridgehead atoms. The van der Waals surface area contributed by atoms with E-state index < -0.39 is 0 Å². The van der Waals surface area contributed by atoms with E-state index >= 15 is 0 Å². The van der Waals surface area contributed by atoms with Gasteiger partial charge in [0.25, 0.3) is 0 Å². The van der Waals surface area contributed by atoms with E-state index in [0.717, 1.165) is 35.7 Å². The van der Waals surface area contributed by atoms with Crippen LogP contribution in [-0.2, 0) is 12.8 Å². The molecular weight excluding hydrogens is 236 g/mol. The molecule has 0 unspecified atom stereocenters. The van der Waals surface area contributed by atoms with Crippen LogP contribution in [0.15, 0.2) is 24.3 Å². The van der Waals surface area contributed by atoms with Gasteiger partial charge in [-0.25, -0.2) is 15.8 Å². The number of benzene rings is 1. The molecule has 3 N–H and O–H groups in total. The first-order valence-corrected chi connectivity index (χ1v) is 6.52. The summed E-state index contributed by atoms with van der Waals surface area (Å²) in [7, 11) is 0. The first-order chi connectivity index (χ1) is 9.13. The van der Waals surface area contributed by atoms with Crippen LogP contribution < -0.4 is 11.3 Å². The summed E-state index contributed by atoms with van der Waals surface area (Å²) >= 11 is 0. The van der Waals surface area contributed by atoms with Crippen molar-refractivity contribution in [2.45, 2.75) is 33.6 Å². The molecule has 0 amide bonds. The lowest BCUT2D eigenvalue weighted by atomic mass is 10.1. The summed E-state index contributed by atoms with van der Waals surface area (Å²) in [4.78, 5) is 9.06. The predicted molar refractivity (Wildman–Crippen MR) is 77.9 cm³/mol. The van der Waals surface area contributed by atoms with Gasteiger partial charge >= 0.3 is 0 Å². The Hall–Kier alpha value is -1.94. The number of hydrogen-bond acceptors (Lipinski definition) is 4. The van der Waals surface area contributed by atoms with Gasteiger partial charge in [-0.1, -0.05) is 36.8 Å². The minimum atomic E-state index is 0.722. The zero-order valence-corrected chi connectivity index (χ0v) is 11.7.